The zero-order chi connectivity index (χ0) is 13.1. The van der Waals surface area contributed by atoms with Crippen LogP contribution in [0, 0.1) is 5.92 Å². The average Bonchev–Trinajstić information content (AvgIpc) is 2.25. The van der Waals surface area contributed by atoms with Gasteiger partial charge in [0, 0.05) is 10.8 Å². The molecule has 0 saturated carbocycles. The Morgan fingerprint density at radius 1 is 0.882 bits per heavy atom. The van der Waals surface area contributed by atoms with E-state index in [-0.39, 0.29) is 4.87 Å². The van der Waals surface area contributed by atoms with Crippen molar-refractivity contribution in [3.63, 3.8) is 0 Å². The van der Waals surface area contributed by atoms with Crippen molar-refractivity contribution in [1.29, 1.82) is 0 Å². The zero-order valence-corrected chi connectivity index (χ0v) is 13.4. The highest BCUT2D eigenvalue weighted by atomic mass is 35.5. The normalized spacial score (nSPS) is 13.9. The monoisotopic (exact) mass is 280 g/mol. The van der Waals surface area contributed by atoms with Gasteiger partial charge in [0.1, 0.15) is 0 Å². The van der Waals surface area contributed by atoms with Gasteiger partial charge in [-0.25, -0.2) is 0 Å². The van der Waals surface area contributed by atoms with E-state index in [0.29, 0.717) is 5.92 Å². The van der Waals surface area contributed by atoms with E-state index in [9.17, 15) is 0 Å². The Bertz CT molecular complexity index is 161. The molecule has 0 aliphatic heterocycles. The van der Waals surface area contributed by atoms with Gasteiger partial charge in [0.2, 0.25) is 0 Å². The summed E-state index contributed by atoms with van der Waals surface area (Å²) in [5.74, 6) is 1.38. The molecule has 0 aliphatic rings. The van der Waals surface area contributed by atoms with Crippen LogP contribution in [0.3, 0.4) is 0 Å². The molecule has 0 amide bonds. The Kier molecular flexibility index (Phi) is 10.9. The van der Waals surface area contributed by atoms with Crippen molar-refractivity contribution in [2.45, 2.75) is 83.4 Å². The summed E-state index contributed by atoms with van der Waals surface area (Å²) in [7, 11) is 0. The lowest BCUT2D eigenvalue weighted by Crippen LogP contribution is -2.24. The fourth-order valence-corrected chi connectivity index (χ4v) is 2.70. The van der Waals surface area contributed by atoms with E-state index in [2.05, 4.69) is 20.8 Å². The second kappa shape index (κ2) is 10.5. The summed E-state index contributed by atoms with van der Waals surface area (Å²) < 4.78 is 0. The molecular weight excluding hydrogens is 251 g/mol. The Morgan fingerprint density at radius 2 is 1.41 bits per heavy atom. The van der Waals surface area contributed by atoms with Gasteiger partial charge in [0.15, 0.2) is 0 Å². The van der Waals surface area contributed by atoms with Crippen LogP contribution in [0.1, 0.15) is 78.6 Å². The molecular formula is C15H30Cl2. The molecule has 0 aromatic carbocycles. The van der Waals surface area contributed by atoms with Gasteiger partial charge in [-0.3, -0.25) is 0 Å². The minimum Gasteiger partial charge on any atom is -0.127 e. The van der Waals surface area contributed by atoms with Crippen molar-refractivity contribution in [2.24, 2.45) is 5.92 Å². The first-order valence-electron chi connectivity index (χ1n) is 7.27. The molecule has 2 heteroatoms. The minimum absolute atomic E-state index is 0.0739. The van der Waals surface area contributed by atoms with Gasteiger partial charge < -0.3 is 0 Å². The number of alkyl halides is 2. The lowest BCUT2D eigenvalue weighted by atomic mass is 9.86. The summed E-state index contributed by atoms with van der Waals surface area (Å²) in [6.07, 6.45) is 11.7. The fraction of sp³-hybridized carbons (Fsp3) is 1.00. The maximum absolute atomic E-state index is 6.45. The molecule has 1 atom stereocenters. The lowest BCUT2D eigenvalue weighted by Gasteiger charge is -2.28. The van der Waals surface area contributed by atoms with E-state index in [1.54, 1.807) is 0 Å². The van der Waals surface area contributed by atoms with Crippen LogP contribution in [0.4, 0.5) is 0 Å². The Hall–Kier alpha value is 0.580. The van der Waals surface area contributed by atoms with Crippen LogP contribution in [-0.2, 0) is 0 Å². The van der Waals surface area contributed by atoms with Gasteiger partial charge in [-0.15, -0.1) is 23.2 Å². The highest BCUT2D eigenvalue weighted by Crippen LogP contribution is 2.32. The SMILES string of the molecule is CCCCCCCCC(CCCCl)C(C)(C)Cl. The molecule has 0 bridgehead atoms. The minimum atomic E-state index is -0.0739. The largest absolute Gasteiger partial charge is 0.127 e. The molecule has 0 rings (SSSR count). The van der Waals surface area contributed by atoms with Crippen molar-refractivity contribution in [1.82, 2.24) is 0 Å². The molecule has 0 aromatic heterocycles. The molecule has 0 spiro atoms. The number of halogens is 2. The predicted octanol–water partition coefficient (Wildman–Crippen LogP) is 6.39. The van der Waals surface area contributed by atoms with E-state index in [0.717, 1.165) is 12.3 Å². The number of rotatable bonds is 11. The third kappa shape index (κ3) is 10.2. The molecule has 0 fully saturated rings. The van der Waals surface area contributed by atoms with Crippen molar-refractivity contribution in [2.75, 3.05) is 5.88 Å². The van der Waals surface area contributed by atoms with Gasteiger partial charge in [-0.2, -0.15) is 0 Å². The Morgan fingerprint density at radius 3 is 1.94 bits per heavy atom. The number of hydrogen-bond donors (Lipinski definition) is 0. The smallest absolute Gasteiger partial charge is 0.0418 e. The Labute approximate surface area is 118 Å². The highest BCUT2D eigenvalue weighted by molar-refractivity contribution is 6.23. The van der Waals surface area contributed by atoms with E-state index >= 15 is 0 Å². The van der Waals surface area contributed by atoms with Gasteiger partial charge >= 0.3 is 0 Å². The van der Waals surface area contributed by atoms with Crippen LogP contribution in [0.25, 0.3) is 0 Å². The molecule has 0 radical (unpaired) electrons. The van der Waals surface area contributed by atoms with Gasteiger partial charge in [0.05, 0.1) is 0 Å². The first kappa shape index (κ1) is 17.6. The quantitative estimate of drug-likeness (QED) is 0.304. The van der Waals surface area contributed by atoms with Gasteiger partial charge in [0.25, 0.3) is 0 Å². The summed E-state index contributed by atoms with van der Waals surface area (Å²) in [6.45, 7) is 6.55. The topological polar surface area (TPSA) is 0 Å². The molecule has 0 nitrogen and oxygen atoms in total. The molecule has 0 heterocycles. The van der Waals surface area contributed by atoms with Gasteiger partial charge in [-0.05, 0) is 39.0 Å². The van der Waals surface area contributed by atoms with Crippen molar-refractivity contribution >= 4 is 23.2 Å². The second-order valence-corrected chi connectivity index (χ2v) is 7.00. The molecule has 104 valence electrons. The van der Waals surface area contributed by atoms with E-state index in [1.807, 2.05) is 0 Å². The number of unbranched alkanes of at least 4 members (excludes halogenated alkanes) is 5. The summed E-state index contributed by atoms with van der Waals surface area (Å²) in [4.78, 5) is -0.0739. The second-order valence-electron chi connectivity index (χ2n) is 5.65. The van der Waals surface area contributed by atoms with E-state index in [1.165, 1.54) is 51.4 Å². The van der Waals surface area contributed by atoms with Crippen LogP contribution < -0.4 is 0 Å². The van der Waals surface area contributed by atoms with E-state index in [4.69, 9.17) is 23.2 Å². The molecule has 17 heavy (non-hydrogen) atoms. The molecule has 0 aliphatic carbocycles. The van der Waals surface area contributed by atoms with Crippen molar-refractivity contribution in [3.8, 4) is 0 Å². The fourth-order valence-electron chi connectivity index (χ4n) is 2.33. The van der Waals surface area contributed by atoms with Crippen LogP contribution >= 0.6 is 23.2 Å². The standard InChI is InChI=1S/C15H30Cl2/c1-4-5-6-7-8-9-11-14(12-10-13-16)15(2,3)17/h14H,4-13H2,1-3H3. The number of hydrogen-bond acceptors (Lipinski definition) is 0. The molecule has 0 aromatic rings. The van der Waals surface area contributed by atoms with Crippen LogP contribution in [-0.4, -0.2) is 10.8 Å². The summed E-state index contributed by atoms with van der Waals surface area (Å²) in [6, 6.07) is 0. The average molecular weight is 281 g/mol. The molecule has 1 unspecified atom stereocenters. The molecule has 0 saturated heterocycles. The maximum Gasteiger partial charge on any atom is 0.0418 e. The molecule has 0 N–H and O–H groups in total. The van der Waals surface area contributed by atoms with Crippen molar-refractivity contribution in [3.05, 3.63) is 0 Å². The van der Waals surface area contributed by atoms with Crippen LogP contribution in [0.5, 0.6) is 0 Å². The third-order valence-electron chi connectivity index (χ3n) is 3.56. The first-order valence-corrected chi connectivity index (χ1v) is 8.18. The summed E-state index contributed by atoms with van der Waals surface area (Å²) in [5.41, 5.74) is 0. The first-order chi connectivity index (χ1) is 8.02. The zero-order valence-electron chi connectivity index (χ0n) is 11.9. The van der Waals surface area contributed by atoms with Crippen LogP contribution in [0.15, 0.2) is 0 Å². The third-order valence-corrected chi connectivity index (χ3v) is 4.14. The van der Waals surface area contributed by atoms with Gasteiger partial charge in [-0.1, -0.05) is 45.4 Å². The Balaban J connectivity index is 3.69. The highest BCUT2D eigenvalue weighted by Gasteiger charge is 2.25. The lowest BCUT2D eigenvalue weighted by molar-refractivity contribution is 0.345. The summed E-state index contributed by atoms with van der Waals surface area (Å²) in [5, 5.41) is 0. The van der Waals surface area contributed by atoms with Crippen molar-refractivity contribution < 1.29 is 0 Å². The van der Waals surface area contributed by atoms with Crippen LogP contribution in [0.2, 0.25) is 0 Å². The predicted molar refractivity (Wildman–Crippen MR) is 81.4 cm³/mol. The van der Waals surface area contributed by atoms with E-state index < -0.39 is 0 Å². The summed E-state index contributed by atoms with van der Waals surface area (Å²) >= 11 is 12.2. The maximum atomic E-state index is 6.45.